The van der Waals surface area contributed by atoms with E-state index in [1.807, 2.05) is 0 Å². The van der Waals surface area contributed by atoms with Gasteiger partial charge in [0.1, 0.15) is 0 Å². The molecule has 0 aromatic carbocycles. The van der Waals surface area contributed by atoms with Crippen LogP contribution in [-0.4, -0.2) is 24.7 Å². The van der Waals surface area contributed by atoms with Gasteiger partial charge in [-0.3, -0.25) is 0 Å². The van der Waals surface area contributed by atoms with Crippen LogP contribution in [0.2, 0.25) is 0 Å². The number of hydrogen-bond donors (Lipinski definition) is 0. The van der Waals surface area contributed by atoms with Gasteiger partial charge in [0.25, 0.3) is 6.43 Å². The molecule has 88 valence electrons. The third-order valence-corrected chi connectivity index (χ3v) is 1.82. The topological polar surface area (TPSA) is 48.4 Å². The number of rotatable bonds is 4. The monoisotopic (exact) mass is 231 g/mol. The van der Waals surface area contributed by atoms with Crippen molar-refractivity contribution in [3.05, 3.63) is 23.4 Å². The Kier molecular flexibility index (Phi) is 4.16. The summed E-state index contributed by atoms with van der Waals surface area (Å²) in [6, 6.07) is 1.02. The van der Waals surface area contributed by atoms with Crippen LogP contribution < -0.4 is 4.74 Å². The molecular weight excluding hydrogens is 220 g/mol. The first kappa shape index (κ1) is 12.4. The Hall–Kier alpha value is -1.72. The highest BCUT2D eigenvalue weighted by Gasteiger charge is 2.18. The lowest BCUT2D eigenvalue weighted by molar-refractivity contribution is 0.0525. The van der Waals surface area contributed by atoms with E-state index >= 15 is 0 Å². The van der Waals surface area contributed by atoms with E-state index in [9.17, 15) is 13.6 Å². The van der Waals surface area contributed by atoms with Gasteiger partial charge >= 0.3 is 5.97 Å². The van der Waals surface area contributed by atoms with Gasteiger partial charge in [-0.05, 0) is 13.0 Å². The summed E-state index contributed by atoms with van der Waals surface area (Å²) in [4.78, 5) is 14.9. The summed E-state index contributed by atoms with van der Waals surface area (Å²) in [5.74, 6) is -0.873. The average Bonchev–Trinajstić information content (AvgIpc) is 2.28. The number of carbonyl (C=O) groups excluding carboxylic acids is 1. The second-order valence-electron chi connectivity index (χ2n) is 2.84. The fourth-order valence-electron chi connectivity index (χ4n) is 1.12. The predicted octanol–water partition coefficient (Wildman–Crippen LogP) is 2.20. The SMILES string of the molecule is CCOC(=O)c1cnc(OC)c(C(F)F)c1. The van der Waals surface area contributed by atoms with Gasteiger partial charge in [-0.25, -0.2) is 18.6 Å². The number of methoxy groups -OCH3 is 1. The van der Waals surface area contributed by atoms with Crippen molar-refractivity contribution in [1.29, 1.82) is 0 Å². The van der Waals surface area contributed by atoms with Crippen molar-refractivity contribution in [1.82, 2.24) is 4.98 Å². The third kappa shape index (κ3) is 2.65. The minimum atomic E-state index is -2.75. The average molecular weight is 231 g/mol. The van der Waals surface area contributed by atoms with Crippen molar-refractivity contribution in [3.8, 4) is 5.88 Å². The lowest BCUT2D eigenvalue weighted by Gasteiger charge is -2.08. The molecule has 16 heavy (non-hydrogen) atoms. The summed E-state index contributed by atoms with van der Waals surface area (Å²) in [5, 5.41) is 0. The van der Waals surface area contributed by atoms with Crippen LogP contribution >= 0.6 is 0 Å². The first-order valence-electron chi connectivity index (χ1n) is 4.59. The minimum Gasteiger partial charge on any atom is -0.481 e. The molecule has 0 bridgehead atoms. The summed E-state index contributed by atoms with van der Waals surface area (Å²) in [6.07, 6.45) is -1.61. The molecule has 0 unspecified atom stereocenters. The Morgan fingerprint density at radius 1 is 1.56 bits per heavy atom. The van der Waals surface area contributed by atoms with Crippen molar-refractivity contribution in [2.45, 2.75) is 13.3 Å². The van der Waals surface area contributed by atoms with Gasteiger partial charge in [-0.1, -0.05) is 0 Å². The summed E-state index contributed by atoms with van der Waals surface area (Å²) in [5.41, 5.74) is -0.439. The summed E-state index contributed by atoms with van der Waals surface area (Å²) < 4.78 is 34.5. The zero-order valence-electron chi connectivity index (χ0n) is 8.87. The molecule has 0 saturated carbocycles. The van der Waals surface area contributed by atoms with E-state index < -0.39 is 18.0 Å². The smallest absolute Gasteiger partial charge is 0.339 e. The maximum Gasteiger partial charge on any atom is 0.339 e. The fraction of sp³-hybridized carbons (Fsp3) is 0.400. The Bertz CT molecular complexity index is 382. The molecule has 0 aliphatic carbocycles. The normalized spacial score (nSPS) is 10.3. The fourth-order valence-corrected chi connectivity index (χ4v) is 1.12. The number of pyridine rings is 1. The van der Waals surface area contributed by atoms with Crippen LogP contribution in [0.3, 0.4) is 0 Å². The predicted molar refractivity (Wildman–Crippen MR) is 51.7 cm³/mol. The van der Waals surface area contributed by atoms with E-state index in [1.54, 1.807) is 6.92 Å². The van der Waals surface area contributed by atoms with E-state index in [2.05, 4.69) is 14.5 Å². The molecule has 1 aromatic heterocycles. The number of hydrogen-bond acceptors (Lipinski definition) is 4. The molecule has 0 spiro atoms. The first-order chi connectivity index (χ1) is 7.60. The lowest BCUT2D eigenvalue weighted by Crippen LogP contribution is -2.07. The summed E-state index contributed by atoms with van der Waals surface area (Å²) >= 11 is 0. The molecule has 0 aliphatic heterocycles. The number of esters is 1. The van der Waals surface area contributed by atoms with Crippen LogP contribution in [0.1, 0.15) is 29.3 Å². The zero-order valence-corrected chi connectivity index (χ0v) is 8.87. The molecule has 1 aromatic rings. The first-order valence-corrected chi connectivity index (χ1v) is 4.59. The Labute approximate surface area is 91.2 Å². The van der Waals surface area contributed by atoms with Crippen molar-refractivity contribution in [2.24, 2.45) is 0 Å². The number of ether oxygens (including phenoxy) is 2. The molecule has 0 saturated heterocycles. The molecule has 0 atom stereocenters. The van der Waals surface area contributed by atoms with Gasteiger partial charge in [-0.15, -0.1) is 0 Å². The van der Waals surface area contributed by atoms with Gasteiger partial charge in [0, 0.05) is 6.20 Å². The zero-order chi connectivity index (χ0) is 12.1. The molecule has 0 amide bonds. The number of carbonyl (C=O) groups is 1. The summed E-state index contributed by atoms with van der Waals surface area (Å²) in [6.45, 7) is 1.80. The molecule has 0 radical (unpaired) electrons. The maximum atomic E-state index is 12.6. The lowest BCUT2D eigenvalue weighted by atomic mass is 10.2. The second kappa shape index (κ2) is 5.39. The van der Waals surface area contributed by atoms with Gasteiger partial charge in [0.15, 0.2) is 0 Å². The maximum absolute atomic E-state index is 12.6. The van der Waals surface area contributed by atoms with Crippen molar-refractivity contribution in [3.63, 3.8) is 0 Å². The van der Waals surface area contributed by atoms with Crippen molar-refractivity contribution < 1.29 is 23.0 Å². The van der Waals surface area contributed by atoms with E-state index in [0.29, 0.717) is 0 Å². The van der Waals surface area contributed by atoms with Gasteiger partial charge in [0.05, 0.1) is 24.8 Å². The Morgan fingerprint density at radius 2 is 2.25 bits per heavy atom. The Balaban J connectivity index is 3.06. The molecule has 0 aliphatic rings. The second-order valence-corrected chi connectivity index (χ2v) is 2.84. The van der Waals surface area contributed by atoms with Gasteiger partial charge in [-0.2, -0.15) is 0 Å². The molecule has 6 heteroatoms. The minimum absolute atomic E-state index is 0.0158. The van der Waals surface area contributed by atoms with E-state index in [1.165, 1.54) is 7.11 Å². The Morgan fingerprint density at radius 3 is 2.75 bits per heavy atom. The highest BCUT2D eigenvalue weighted by molar-refractivity contribution is 5.89. The number of aromatic nitrogens is 1. The largest absolute Gasteiger partial charge is 0.481 e. The molecular formula is C10H11F2NO3. The van der Waals surface area contributed by atoms with E-state index in [0.717, 1.165) is 12.3 Å². The van der Waals surface area contributed by atoms with Crippen LogP contribution in [0, 0.1) is 0 Å². The third-order valence-electron chi connectivity index (χ3n) is 1.82. The molecule has 0 fully saturated rings. The van der Waals surface area contributed by atoms with Gasteiger partial charge < -0.3 is 9.47 Å². The van der Waals surface area contributed by atoms with Crippen LogP contribution in [0.15, 0.2) is 12.3 Å². The standard InChI is InChI=1S/C10H11F2NO3/c1-3-16-10(14)6-4-7(8(11)12)9(15-2)13-5-6/h4-5,8H,3H2,1-2H3. The molecule has 0 N–H and O–H groups in total. The number of halogens is 2. The van der Waals surface area contributed by atoms with Crippen LogP contribution in [0.4, 0.5) is 8.78 Å². The van der Waals surface area contributed by atoms with E-state index in [4.69, 9.17) is 0 Å². The van der Waals surface area contributed by atoms with Crippen molar-refractivity contribution in [2.75, 3.05) is 13.7 Å². The number of alkyl halides is 2. The molecule has 1 rings (SSSR count). The van der Waals surface area contributed by atoms with E-state index in [-0.39, 0.29) is 18.1 Å². The molecule has 4 nitrogen and oxygen atoms in total. The molecule has 1 heterocycles. The summed E-state index contributed by atoms with van der Waals surface area (Å²) in [7, 11) is 1.23. The van der Waals surface area contributed by atoms with Crippen LogP contribution in [0.5, 0.6) is 5.88 Å². The van der Waals surface area contributed by atoms with Crippen molar-refractivity contribution >= 4 is 5.97 Å². The number of nitrogens with zero attached hydrogens (tertiary/aromatic N) is 1. The van der Waals surface area contributed by atoms with Gasteiger partial charge in [0.2, 0.25) is 5.88 Å². The highest BCUT2D eigenvalue weighted by Crippen LogP contribution is 2.27. The highest BCUT2D eigenvalue weighted by atomic mass is 19.3. The van der Waals surface area contributed by atoms with Crippen LogP contribution in [-0.2, 0) is 4.74 Å². The quantitative estimate of drug-likeness (QED) is 0.745. The van der Waals surface area contributed by atoms with Crippen LogP contribution in [0.25, 0.3) is 0 Å².